The van der Waals surface area contributed by atoms with Crippen LogP contribution in [0, 0.1) is 12.8 Å². The van der Waals surface area contributed by atoms with Gasteiger partial charge >= 0.3 is 0 Å². The molecule has 0 bridgehead atoms. The van der Waals surface area contributed by atoms with Crippen LogP contribution in [0.2, 0.25) is 0 Å². The Morgan fingerprint density at radius 3 is 2.67 bits per heavy atom. The van der Waals surface area contributed by atoms with Gasteiger partial charge in [-0.25, -0.2) is 0 Å². The Morgan fingerprint density at radius 1 is 1.38 bits per heavy atom. The van der Waals surface area contributed by atoms with E-state index in [-0.39, 0.29) is 17.9 Å². The van der Waals surface area contributed by atoms with Crippen molar-refractivity contribution in [3.05, 3.63) is 23.7 Å². The number of nitrogens with zero attached hydrogens (tertiary/aromatic N) is 2. The number of furan rings is 1. The topological polar surface area (TPSA) is 48.7 Å². The molecule has 118 valence electrons. The highest BCUT2D eigenvalue weighted by atomic mass is 16.3. The molecule has 1 fully saturated rings. The summed E-state index contributed by atoms with van der Waals surface area (Å²) in [5, 5.41) is 3.36. The molecule has 1 saturated heterocycles. The van der Waals surface area contributed by atoms with E-state index in [1.165, 1.54) is 0 Å². The van der Waals surface area contributed by atoms with Crippen LogP contribution >= 0.6 is 0 Å². The van der Waals surface area contributed by atoms with E-state index in [1.807, 2.05) is 38.1 Å². The molecule has 2 unspecified atom stereocenters. The van der Waals surface area contributed by atoms with Gasteiger partial charge in [-0.1, -0.05) is 0 Å². The van der Waals surface area contributed by atoms with Crippen LogP contribution < -0.4 is 5.32 Å². The second-order valence-corrected chi connectivity index (χ2v) is 6.21. The third-order valence-electron chi connectivity index (χ3n) is 4.11. The van der Waals surface area contributed by atoms with Crippen molar-refractivity contribution >= 4 is 5.91 Å². The van der Waals surface area contributed by atoms with E-state index in [4.69, 9.17) is 4.42 Å². The number of rotatable bonds is 6. The number of likely N-dealkylation sites (N-methyl/N-ethyl adjacent to an activating group) is 1. The molecule has 0 spiro atoms. The van der Waals surface area contributed by atoms with E-state index in [0.29, 0.717) is 6.54 Å². The summed E-state index contributed by atoms with van der Waals surface area (Å²) < 4.78 is 5.64. The number of aryl methyl sites for hydroxylation is 1. The predicted molar refractivity (Wildman–Crippen MR) is 83.0 cm³/mol. The zero-order valence-corrected chi connectivity index (χ0v) is 13.6. The summed E-state index contributed by atoms with van der Waals surface area (Å²) in [7, 11) is 4.05. The Balaban J connectivity index is 2.05. The van der Waals surface area contributed by atoms with Crippen molar-refractivity contribution < 1.29 is 9.21 Å². The molecule has 0 aromatic carbocycles. The quantitative estimate of drug-likeness (QED) is 0.863. The highest BCUT2D eigenvalue weighted by Crippen LogP contribution is 2.20. The fourth-order valence-electron chi connectivity index (χ4n) is 2.78. The number of carbonyl (C=O) groups is 1. The van der Waals surface area contributed by atoms with Crippen LogP contribution in [0.5, 0.6) is 0 Å². The van der Waals surface area contributed by atoms with E-state index in [9.17, 15) is 4.79 Å². The van der Waals surface area contributed by atoms with Gasteiger partial charge in [0, 0.05) is 19.1 Å². The first kappa shape index (κ1) is 16.0. The summed E-state index contributed by atoms with van der Waals surface area (Å²) in [6, 6.07) is 4.17. The second kappa shape index (κ2) is 7.09. The zero-order valence-electron chi connectivity index (χ0n) is 13.6. The molecule has 1 amide bonds. The lowest BCUT2D eigenvalue weighted by molar-refractivity contribution is -0.136. The van der Waals surface area contributed by atoms with Gasteiger partial charge in [-0.15, -0.1) is 0 Å². The van der Waals surface area contributed by atoms with Gasteiger partial charge in [0.15, 0.2) is 0 Å². The van der Waals surface area contributed by atoms with Crippen LogP contribution in [0.1, 0.15) is 24.9 Å². The number of nitrogens with one attached hydrogen (secondary N) is 1. The Bertz CT molecular complexity index is 470. The molecule has 0 aliphatic carbocycles. The molecule has 5 heteroatoms. The lowest BCUT2D eigenvalue weighted by Crippen LogP contribution is -2.42. The normalized spacial score (nSPS) is 22.0. The molecule has 0 saturated carbocycles. The van der Waals surface area contributed by atoms with E-state index in [1.54, 1.807) is 0 Å². The van der Waals surface area contributed by atoms with Gasteiger partial charge in [0.05, 0.1) is 12.5 Å². The molecule has 2 heterocycles. The summed E-state index contributed by atoms with van der Waals surface area (Å²) >= 11 is 0. The molecule has 1 N–H and O–H groups in total. The van der Waals surface area contributed by atoms with Crippen LogP contribution in [0.15, 0.2) is 16.5 Å². The highest BCUT2D eigenvalue weighted by Gasteiger charge is 2.32. The first-order valence-electron chi connectivity index (χ1n) is 7.69. The molecule has 1 aliphatic heterocycles. The summed E-state index contributed by atoms with van der Waals surface area (Å²) in [6.45, 7) is 7.10. The predicted octanol–water partition coefficient (Wildman–Crippen LogP) is 1.48. The monoisotopic (exact) mass is 293 g/mol. The summed E-state index contributed by atoms with van der Waals surface area (Å²) in [5.74, 6) is 2.07. The standard InChI is InChI=1S/C16H27N3O2/c1-12-5-6-14(21-12)11-19(10-9-18(3)4)16(20)15-7-8-17-13(15)2/h5-6,13,15,17H,7-11H2,1-4H3. The Morgan fingerprint density at radius 2 is 2.14 bits per heavy atom. The van der Waals surface area contributed by atoms with Crippen LogP contribution in [0.3, 0.4) is 0 Å². The average molecular weight is 293 g/mol. The minimum atomic E-state index is 0.0863. The van der Waals surface area contributed by atoms with Gasteiger partial charge in [0.1, 0.15) is 11.5 Å². The average Bonchev–Trinajstić information content (AvgIpc) is 3.02. The summed E-state index contributed by atoms with van der Waals surface area (Å²) in [5.41, 5.74) is 0. The van der Waals surface area contributed by atoms with Gasteiger partial charge in [0.25, 0.3) is 0 Å². The molecule has 1 aliphatic rings. The van der Waals surface area contributed by atoms with Crippen molar-refractivity contribution in [3.8, 4) is 0 Å². The largest absolute Gasteiger partial charge is 0.464 e. The lowest BCUT2D eigenvalue weighted by Gasteiger charge is -2.27. The van der Waals surface area contributed by atoms with E-state index in [2.05, 4.69) is 17.1 Å². The first-order chi connectivity index (χ1) is 9.97. The Kier molecular flexibility index (Phi) is 5.42. The summed E-state index contributed by atoms with van der Waals surface area (Å²) in [6.07, 6.45) is 0.926. The van der Waals surface area contributed by atoms with Crippen molar-refractivity contribution in [2.24, 2.45) is 5.92 Å². The fraction of sp³-hybridized carbons (Fsp3) is 0.688. The van der Waals surface area contributed by atoms with Crippen LogP contribution in [0.25, 0.3) is 0 Å². The Labute approximate surface area is 127 Å². The third kappa shape index (κ3) is 4.32. The first-order valence-corrected chi connectivity index (χ1v) is 7.69. The van der Waals surface area contributed by atoms with Crippen LogP contribution in [0.4, 0.5) is 0 Å². The Hall–Kier alpha value is -1.33. The van der Waals surface area contributed by atoms with Gasteiger partial charge in [-0.2, -0.15) is 0 Å². The molecule has 2 atom stereocenters. The van der Waals surface area contributed by atoms with Gasteiger partial charge in [0.2, 0.25) is 5.91 Å². The molecule has 1 aromatic heterocycles. The second-order valence-electron chi connectivity index (χ2n) is 6.21. The molecule has 21 heavy (non-hydrogen) atoms. The molecule has 5 nitrogen and oxygen atoms in total. The van der Waals surface area contributed by atoms with E-state index in [0.717, 1.165) is 37.6 Å². The van der Waals surface area contributed by atoms with Crippen molar-refractivity contribution in [2.75, 3.05) is 33.7 Å². The van der Waals surface area contributed by atoms with Gasteiger partial charge < -0.3 is 19.5 Å². The molecular weight excluding hydrogens is 266 g/mol. The minimum absolute atomic E-state index is 0.0863. The molecule has 0 radical (unpaired) electrons. The smallest absolute Gasteiger partial charge is 0.227 e. The van der Waals surface area contributed by atoms with Gasteiger partial charge in [-0.05, 0) is 53.0 Å². The maximum Gasteiger partial charge on any atom is 0.227 e. The van der Waals surface area contributed by atoms with Crippen LogP contribution in [-0.2, 0) is 11.3 Å². The number of hydrogen-bond acceptors (Lipinski definition) is 4. The fourth-order valence-corrected chi connectivity index (χ4v) is 2.78. The maximum atomic E-state index is 12.8. The van der Waals surface area contributed by atoms with Crippen molar-refractivity contribution in [2.45, 2.75) is 32.9 Å². The number of hydrogen-bond donors (Lipinski definition) is 1. The highest BCUT2D eigenvalue weighted by molar-refractivity contribution is 5.79. The van der Waals surface area contributed by atoms with E-state index < -0.39 is 0 Å². The lowest BCUT2D eigenvalue weighted by atomic mass is 10.0. The number of amides is 1. The molecule has 2 rings (SSSR count). The van der Waals surface area contributed by atoms with Crippen molar-refractivity contribution in [1.29, 1.82) is 0 Å². The molecule has 1 aromatic rings. The SMILES string of the molecule is Cc1ccc(CN(CCN(C)C)C(=O)C2CCNC2C)o1. The summed E-state index contributed by atoms with van der Waals surface area (Å²) in [4.78, 5) is 16.8. The number of carbonyl (C=O) groups excluding carboxylic acids is 1. The van der Waals surface area contributed by atoms with Gasteiger partial charge in [-0.3, -0.25) is 4.79 Å². The van der Waals surface area contributed by atoms with Crippen molar-refractivity contribution in [3.63, 3.8) is 0 Å². The maximum absolute atomic E-state index is 12.8. The molecular formula is C16H27N3O2. The minimum Gasteiger partial charge on any atom is -0.464 e. The third-order valence-corrected chi connectivity index (χ3v) is 4.11. The van der Waals surface area contributed by atoms with E-state index >= 15 is 0 Å². The van der Waals surface area contributed by atoms with Crippen molar-refractivity contribution in [1.82, 2.24) is 15.1 Å². The van der Waals surface area contributed by atoms with Crippen LogP contribution in [-0.4, -0.2) is 55.5 Å². The zero-order chi connectivity index (χ0) is 15.4.